The molecule has 0 saturated carbocycles. The van der Waals surface area contributed by atoms with Gasteiger partial charge in [-0.15, -0.1) is 6.58 Å². The molecule has 1 aliphatic rings. The van der Waals surface area contributed by atoms with Gasteiger partial charge in [0.15, 0.2) is 17.3 Å². The van der Waals surface area contributed by atoms with Crippen LogP contribution >= 0.6 is 0 Å². The Kier molecular flexibility index (Phi) is 17.8. The first kappa shape index (κ1) is 45.7. The van der Waals surface area contributed by atoms with E-state index in [1.807, 2.05) is 32.1 Å². The molecule has 0 bridgehead atoms. The summed E-state index contributed by atoms with van der Waals surface area (Å²) in [4.78, 5) is 49.7. The number of hydrogen-bond donors (Lipinski definition) is 0. The molecule has 7 heteroatoms. The molecule has 55 heavy (non-hydrogen) atoms. The van der Waals surface area contributed by atoms with Gasteiger partial charge in [0.2, 0.25) is 0 Å². The third-order valence-corrected chi connectivity index (χ3v) is 8.96. The number of benzene rings is 4. The largest absolute Gasteiger partial charge is 0.416 e. The average molecular weight is 753 g/mol. The zero-order valence-electron chi connectivity index (χ0n) is 32.9. The minimum absolute atomic E-state index is 0. The normalized spacial score (nSPS) is 13.9. The third-order valence-electron chi connectivity index (χ3n) is 8.96. The maximum atomic E-state index is 13.4. The van der Waals surface area contributed by atoms with Crippen LogP contribution in [0.15, 0.2) is 123 Å². The standard InChI is InChI=1S/C28H23F3O3.C15H16O.C3H8.C2H6.H2/c1-4-26(33)25-16-19(15-17(2)32)9-14-22(25)18(3)27(34)24-8-6-5-7-23(24)20-10-12-21(13-11-20)28(29,30)31;1-3-10-15(14(16)4-2)11-9-12-7-5-6-8-13(12)15;1-3-2;1-2;/h5-14,16H,3-4,15H2,1-2H3;3-8H,1-2,9-11H2;3H2,1-2H3;1-2H3;1H. The van der Waals surface area contributed by atoms with E-state index < -0.39 is 17.5 Å². The summed E-state index contributed by atoms with van der Waals surface area (Å²) in [6.07, 6.45) is 3.01. The maximum absolute atomic E-state index is 13.4. The summed E-state index contributed by atoms with van der Waals surface area (Å²) in [5.41, 5.74) is 3.89. The molecule has 0 amide bonds. The van der Waals surface area contributed by atoms with Crippen molar-refractivity contribution in [2.24, 2.45) is 0 Å². The lowest BCUT2D eigenvalue weighted by molar-refractivity contribution is -0.137. The lowest BCUT2D eigenvalue weighted by Crippen LogP contribution is -2.31. The van der Waals surface area contributed by atoms with Gasteiger partial charge >= 0.3 is 6.18 Å². The predicted molar refractivity (Wildman–Crippen MR) is 222 cm³/mol. The molecule has 4 nitrogen and oxygen atoms in total. The van der Waals surface area contributed by atoms with Crippen LogP contribution in [-0.4, -0.2) is 23.1 Å². The number of halogens is 3. The Balaban J connectivity index is 0.000000593. The molecule has 1 aliphatic carbocycles. The van der Waals surface area contributed by atoms with Crippen LogP contribution in [0.1, 0.15) is 117 Å². The van der Waals surface area contributed by atoms with E-state index in [1.165, 1.54) is 42.7 Å². The van der Waals surface area contributed by atoms with Crippen molar-refractivity contribution in [1.29, 1.82) is 0 Å². The zero-order chi connectivity index (χ0) is 41.3. The second-order valence-electron chi connectivity index (χ2n) is 13.0. The first-order valence-corrected chi connectivity index (χ1v) is 18.7. The Bertz CT molecular complexity index is 1990. The van der Waals surface area contributed by atoms with Crippen molar-refractivity contribution in [3.05, 3.63) is 162 Å². The number of alkyl halides is 3. The molecule has 0 aliphatic heterocycles. The van der Waals surface area contributed by atoms with Crippen molar-refractivity contribution >= 4 is 28.7 Å². The van der Waals surface area contributed by atoms with Gasteiger partial charge < -0.3 is 0 Å². The topological polar surface area (TPSA) is 68.3 Å². The number of hydrogen-bond acceptors (Lipinski definition) is 4. The van der Waals surface area contributed by atoms with E-state index >= 15 is 0 Å². The molecule has 292 valence electrons. The maximum Gasteiger partial charge on any atom is 0.416 e. The Labute approximate surface area is 326 Å². The number of rotatable bonds is 12. The second kappa shape index (κ2) is 21.5. The zero-order valence-corrected chi connectivity index (χ0v) is 32.9. The van der Waals surface area contributed by atoms with E-state index in [4.69, 9.17) is 0 Å². The smallest absolute Gasteiger partial charge is 0.300 e. The average Bonchev–Trinajstić information content (AvgIpc) is 3.57. The van der Waals surface area contributed by atoms with Gasteiger partial charge in [0.1, 0.15) is 5.78 Å². The first-order chi connectivity index (χ1) is 26.2. The Morgan fingerprint density at radius 1 is 0.818 bits per heavy atom. The van der Waals surface area contributed by atoms with Crippen molar-refractivity contribution in [3.8, 4) is 11.1 Å². The molecule has 0 heterocycles. The quantitative estimate of drug-likeness (QED) is 0.0821. The summed E-state index contributed by atoms with van der Waals surface area (Å²) >= 11 is 0. The monoisotopic (exact) mass is 752 g/mol. The van der Waals surface area contributed by atoms with Gasteiger partial charge in [0, 0.05) is 31.0 Å². The van der Waals surface area contributed by atoms with Crippen molar-refractivity contribution in [3.63, 3.8) is 0 Å². The van der Waals surface area contributed by atoms with Crippen LogP contribution in [0, 0.1) is 0 Å². The van der Waals surface area contributed by atoms with Crippen LogP contribution in [0.25, 0.3) is 16.7 Å². The highest BCUT2D eigenvalue weighted by Gasteiger charge is 2.42. The Hall–Kier alpha value is -5.43. The fourth-order valence-corrected chi connectivity index (χ4v) is 6.43. The number of fused-ring (bicyclic) bond motifs is 1. The van der Waals surface area contributed by atoms with Crippen molar-refractivity contribution in [1.82, 2.24) is 0 Å². The van der Waals surface area contributed by atoms with Gasteiger partial charge in [-0.25, -0.2) is 0 Å². The molecule has 0 saturated heterocycles. The molecule has 0 aromatic heterocycles. The van der Waals surface area contributed by atoms with Gasteiger partial charge in [-0.2, -0.15) is 13.2 Å². The number of carbonyl (C=O) groups excluding carboxylic acids is 4. The van der Waals surface area contributed by atoms with Crippen LogP contribution in [0.2, 0.25) is 0 Å². The second-order valence-corrected chi connectivity index (χ2v) is 13.0. The Morgan fingerprint density at radius 3 is 1.98 bits per heavy atom. The molecule has 1 atom stereocenters. The van der Waals surface area contributed by atoms with Gasteiger partial charge in [-0.1, -0.05) is 133 Å². The van der Waals surface area contributed by atoms with E-state index in [0.717, 1.165) is 25.0 Å². The summed E-state index contributed by atoms with van der Waals surface area (Å²) in [5, 5.41) is 0. The summed E-state index contributed by atoms with van der Waals surface area (Å²) in [6.45, 7) is 22.7. The SMILES string of the molecule is C=C(C(=O)c1ccccc1-c1ccc(C(F)(F)F)cc1)c1ccc(CC(C)=O)cc1C(=O)CC.C=CCC1(C(=O)C=C)CCc2ccccc21.CC.CCC.[HH]. The fraction of sp³-hybridized carbons (Fsp3) is 0.292. The molecule has 0 spiro atoms. The van der Waals surface area contributed by atoms with Gasteiger partial charge in [-0.05, 0) is 83.8 Å². The van der Waals surface area contributed by atoms with Crippen LogP contribution in [-0.2, 0) is 34.0 Å². The lowest BCUT2D eigenvalue weighted by Gasteiger charge is -2.26. The highest BCUT2D eigenvalue weighted by atomic mass is 19.4. The van der Waals surface area contributed by atoms with Crippen LogP contribution < -0.4 is 0 Å². The molecule has 0 fully saturated rings. The van der Waals surface area contributed by atoms with Crippen molar-refractivity contribution in [2.75, 3.05) is 0 Å². The molecule has 0 radical (unpaired) electrons. The summed E-state index contributed by atoms with van der Waals surface area (Å²) in [7, 11) is 0. The summed E-state index contributed by atoms with van der Waals surface area (Å²) in [6, 6.07) is 24.3. The fourth-order valence-electron chi connectivity index (χ4n) is 6.43. The van der Waals surface area contributed by atoms with Gasteiger partial charge in [-0.3, -0.25) is 19.2 Å². The van der Waals surface area contributed by atoms with E-state index in [2.05, 4.69) is 45.7 Å². The molecule has 1 unspecified atom stereocenters. The predicted octanol–water partition coefficient (Wildman–Crippen LogP) is 12.9. The first-order valence-electron chi connectivity index (χ1n) is 18.7. The minimum atomic E-state index is -4.46. The molecule has 4 aromatic rings. The minimum Gasteiger partial charge on any atom is -0.300 e. The molecular weight excluding hydrogens is 698 g/mol. The number of aryl methyl sites for hydroxylation is 1. The molecule has 0 N–H and O–H groups in total. The molecular formula is C48H55F3O4. The van der Waals surface area contributed by atoms with Gasteiger partial charge in [0.25, 0.3) is 0 Å². The number of Topliss-reactive ketones (excluding diaryl/α,β-unsaturated/α-hetero) is 3. The van der Waals surface area contributed by atoms with Crippen LogP contribution in [0.5, 0.6) is 0 Å². The number of ketones is 4. The molecule has 4 aromatic carbocycles. The van der Waals surface area contributed by atoms with Crippen molar-refractivity contribution < 1.29 is 33.8 Å². The highest BCUT2D eigenvalue weighted by Crippen LogP contribution is 2.43. The van der Waals surface area contributed by atoms with Crippen LogP contribution in [0.3, 0.4) is 0 Å². The Morgan fingerprint density at radius 2 is 1.42 bits per heavy atom. The van der Waals surface area contributed by atoms with E-state index in [0.29, 0.717) is 34.2 Å². The van der Waals surface area contributed by atoms with E-state index in [1.54, 1.807) is 49.4 Å². The number of allylic oxidation sites excluding steroid dienone is 3. The third kappa shape index (κ3) is 11.5. The summed E-state index contributed by atoms with van der Waals surface area (Å²) < 4.78 is 38.8. The number of carbonyl (C=O) groups is 4. The highest BCUT2D eigenvalue weighted by molar-refractivity contribution is 6.31. The molecule has 5 rings (SSSR count). The van der Waals surface area contributed by atoms with Crippen LogP contribution in [0.4, 0.5) is 13.2 Å². The van der Waals surface area contributed by atoms with E-state index in [-0.39, 0.29) is 48.2 Å². The van der Waals surface area contributed by atoms with Crippen molar-refractivity contribution in [2.45, 2.75) is 91.7 Å². The lowest BCUT2D eigenvalue weighted by atomic mass is 9.75. The van der Waals surface area contributed by atoms with Gasteiger partial charge in [0.05, 0.1) is 11.0 Å². The summed E-state index contributed by atoms with van der Waals surface area (Å²) in [5.74, 6) is -0.564. The van der Waals surface area contributed by atoms with E-state index in [9.17, 15) is 32.3 Å².